The van der Waals surface area contributed by atoms with E-state index in [0.29, 0.717) is 12.8 Å². The van der Waals surface area contributed by atoms with Gasteiger partial charge in [0.05, 0.1) is 31.3 Å². The van der Waals surface area contributed by atoms with Crippen LogP contribution in [0.5, 0.6) is 0 Å². The topological polar surface area (TPSA) is 89.8 Å². The number of carbonyl (C=O) groups is 1. The molecule has 0 saturated heterocycles. The van der Waals surface area contributed by atoms with Crippen LogP contribution in [0, 0.1) is 0 Å². The summed E-state index contributed by atoms with van der Waals surface area (Å²) in [5.41, 5.74) is 0. The summed E-state index contributed by atoms with van der Waals surface area (Å²) in [7, 11) is 0. The Kier molecular flexibility index (Phi) is 31.8. The summed E-state index contributed by atoms with van der Waals surface area (Å²) >= 11 is 0. The van der Waals surface area contributed by atoms with Crippen LogP contribution in [0.25, 0.3) is 0 Å². The van der Waals surface area contributed by atoms with Crippen LogP contribution >= 0.6 is 0 Å². The predicted molar refractivity (Wildman–Crippen MR) is 176 cm³/mol. The van der Waals surface area contributed by atoms with Gasteiger partial charge in [-0.05, 0) is 12.8 Å². The molecule has 0 bridgehead atoms. The number of carbonyl (C=O) groups excluding carboxylic acids is 1. The minimum atomic E-state index is -0.741. The second-order valence-electron chi connectivity index (χ2n) is 12.8. The van der Waals surface area contributed by atoms with Crippen LogP contribution in [-0.4, -0.2) is 46.1 Å². The van der Waals surface area contributed by atoms with Gasteiger partial charge in [-0.15, -0.1) is 0 Å². The van der Waals surface area contributed by atoms with Crippen LogP contribution in [0.2, 0.25) is 0 Å². The van der Waals surface area contributed by atoms with E-state index in [1.165, 1.54) is 141 Å². The minimum absolute atomic E-state index is 0.0418. The van der Waals surface area contributed by atoms with Crippen LogP contribution < -0.4 is 5.32 Å². The molecule has 0 rings (SSSR count). The highest BCUT2D eigenvalue weighted by atomic mass is 16.3. The number of hydrogen-bond donors (Lipinski definition) is 4. The van der Waals surface area contributed by atoms with Crippen molar-refractivity contribution < 1.29 is 20.1 Å². The van der Waals surface area contributed by atoms with Gasteiger partial charge in [-0.25, -0.2) is 0 Å². The number of unbranched alkanes of at least 4 members (excludes halogenated alkanes) is 24. The van der Waals surface area contributed by atoms with Gasteiger partial charge in [0.1, 0.15) is 0 Å². The van der Waals surface area contributed by atoms with Crippen molar-refractivity contribution in [2.45, 2.75) is 218 Å². The summed E-state index contributed by atoms with van der Waals surface area (Å²) in [5, 5.41) is 33.2. The first kappa shape index (κ1) is 40.4. The molecule has 0 aliphatic carbocycles. The van der Waals surface area contributed by atoms with Gasteiger partial charge in [0.25, 0.3) is 0 Å². The number of nitrogens with one attached hydrogen (secondary N) is 1. The lowest BCUT2D eigenvalue weighted by molar-refractivity contribution is -0.125. The van der Waals surface area contributed by atoms with E-state index in [0.717, 1.165) is 25.7 Å². The van der Waals surface area contributed by atoms with E-state index in [9.17, 15) is 20.1 Å². The highest BCUT2D eigenvalue weighted by Crippen LogP contribution is 2.16. The summed E-state index contributed by atoms with van der Waals surface area (Å²) < 4.78 is 0. The minimum Gasteiger partial charge on any atom is -0.394 e. The maximum absolute atomic E-state index is 12.4. The molecule has 4 N–H and O–H groups in total. The van der Waals surface area contributed by atoms with Gasteiger partial charge in [-0.3, -0.25) is 4.79 Å². The predicted octanol–water partition coefficient (Wildman–Crippen LogP) is 9.54. The molecule has 0 aromatic heterocycles. The second kappa shape index (κ2) is 32.3. The van der Waals surface area contributed by atoms with Crippen molar-refractivity contribution in [2.24, 2.45) is 0 Å². The zero-order valence-corrected chi connectivity index (χ0v) is 27.7. The largest absolute Gasteiger partial charge is 0.394 e. The quantitative estimate of drug-likeness (QED) is 0.0579. The molecular weight excluding hydrogens is 510 g/mol. The van der Waals surface area contributed by atoms with Gasteiger partial charge in [-0.1, -0.05) is 181 Å². The van der Waals surface area contributed by atoms with Gasteiger partial charge >= 0.3 is 0 Å². The van der Waals surface area contributed by atoms with E-state index in [1.54, 1.807) is 0 Å². The number of aliphatic hydroxyl groups is 3. The average Bonchev–Trinajstić information content (AvgIpc) is 2.96. The molecule has 0 fully saturated rings. The Hall–Kier alpha value is -0.650. The second-order valence-corrected chi connectivity index (χ2v) is 12.8. The monoisotopic (exact) mass is 584 g/mol. The number of amides is 1. The van der Waals surface area contributed by atoms with Crippen molar-refractivity contribution in [1.82, 2.24) is 5.32 Å². The summed E-state index contributed by atoms with van der Waals surface area (Å²) in [6.45, 7) is 4.25. The van der Waals surface area contributed by atoms with Crippen molar-refractivity contribution in [3.05, 3.63) is 0 Å². The van der Waals surface area contributed by atoms with E-state index >= 15 is 0 Å². The Labute approximate surface area is 256 Å². The molecule has 246 valence electrons. The normalized spacial score (nSPS) is 13.8. The summed E-state index contributed by atoms with van der Waals surface area (Å²) in [6, 6.07) is -0.650. The van der Waals surface area contributed by atoms with Crippen molar-refractivity contribution in [2.75, 3.05) is 6.61 Å². The molecule has 0 aromatic rings. The van der Waals surface area contributed by atoms with Crippen molar-refractivity contribution in [3.63, 3.8) is 0 Å². The highest BCUT2D eigenvalue weighted by molar-refractivity contribution is 5.76. The molecule has 1 amide bonds. The maximum Gasteiger partial charge on any atom is 0.222 e. The first-order valence-electron chi connectivity index (χ1n) is 18.3. The van der Waals surface area contributed by atoms with Gasteiger partial charge < -0.3 is 20.6 Å². The molecule has 0 aliphatic heterocycles. The molecule has 5 nitrogen and oxygen atoms in total. The first-order chi connectivity index (χ1) is 20.0. The smallest absolute Gasteiger partial charge is 0.222 e. The van der Waals surface area contributed by atoms with E-state index in [1.807, 2.05) is 0 Å². The lowest BCUT2D eigenvalue weighted by Gasteiger charge is -2.23. The molecule has 41 heavy (non-hydrogen) atoms. The average molecular weight is 584 g/mol. The molecule has 3 atom stereocenters. The molecular formula is C36H73NO4. The molecule has 0 aliphatic rings. The van der Waals surface area contributed by atoms with E-state index < -0.39 is 18.2 Å². The fourth-order valence-electron chi connectivity index (χ4n) is 5.82. The fourth-order valence-corrected chi connectivity index (χ4v) is 5.82. The summed E-state index contributed by atoms with van der Waals surface area (Å²) in [6.07, 6.45) is 33.3. The summed E-state index contributed by atoms with van der Waals surface area (Å²) in [4.78, 5) is 12.4. The van der Waals surface area contributed by atoms with Gasteiger partial charge in [0.2, 0.25) is 5.91 Å². The number of aliphatic hydroxyl groups excluding tert-OH is 3. The van der Waals surface area contributed by atoms with Crippen LogP contribution in [0.1, 0.15) is 200 Å². The third-order valence-corrected chi connectivity index (χ3v) is 8.67. The van der Waals surface area contributed by atoms with E-state index in [-0.39, 0.29) is 18.9 Å². The van der Waals surface area contributed by atoms with Gasteiger partial charge in [-0.2, -0.15) is 0 Å². The van der Waals surface area contributed by atoms with E-state index in [4.69, 9.17) is 0 Å². The zero-order chi connectivity index (χ0) is 30.2. The zero-order valence-electron chi connectivity index (χ0n) is 27.7. The molecule has 0 spiro atoms. The lowest BCUT2D eigenvalue weighted by Crippen LogP contribution is -2.46. The third-order valence-electron chi connectivity index (χ3n) is 8.67. The molecule has 5 heteroatoms. The third kappa shape index (κ3) is 29.2. The summed E-state index contributed by atoms with van der Waals surface area (Å²) in [5.74, 6) is -0.282. The van der Waals surface area contributed by atoms with Crippen LogP contribution in [0.3, 0.4) is 0 Å². The Morgan fingerprint density at radius 3 is 1.17 bits per heavy atom. The Morgan fingerprint density at radius 1 is 0.512 bits per heavy atom. The highest BCUT2D eigenvalue weighted by Gasteiger charge is 2.21. The van der Waals surface area contributed by atoms with Gasteiger partial charge in [0, 0.05) is 0 Å². The number of hydrogen-bond acceptors (Lipinski definition) is 4. The standard InChI is InChI=1S/C36H73NO4/c1-3-5-7-9-11-13-15-17-18-20-22-24-26-28-30-35(40)34(32-38)37-36(41)31-33(39)29-27-25-23-21-19-16-14-12-10-8-6-4-2/h33-35,38-40H,3-32H2,1-2H3,(H,37,41). The van der Waals surface area contributed by atoms with Crippen LogP contribution in [0.15, 0.2) is 0 Å². The van der Waals surface area contributed by atoms with Crippen LogP contribution in [0.4, 0.5) is 0 Å². The van der Waals surface area contributed by atoms with Gasteiger partial charge in [0.15, 0.2) is 0 Å². The van der Waals surface area contributed by atoms with Crippen molar-refractivity contribution in [1.29, 1.82) is 0 Å². The SMILES string of the molecule is CCCCCCCCCCCCCCCCC(O)C(CO)NC(=O)CC(O)CCCCCCCCCCCCCC. The Bertz CT molecular complexity index is 530. The maximum atomic E-state index is 12.4. The molecule has 0 heterocycles. The van der Waals surface area contributed by atoms with E-state index in [2.05, 4.69) is 19.2 Å². The molecule has 0 radical (unpaired) electrons. The molecule has 0 aromatic carbocycles. The molecule has 0 saturated carbocycles. The first-order valence-corrected chi connectivity index (χ1v) is 18.3. The Balaban J connectivity index is 3.66. The number of rotatable bonds is 33. The Morgan fingerprint density at radius 2 is 0.829 bits per heavy atom. The lowest BCUT2D eigenvalue weighted by atomic mass is 10.0. The van der Waals surface area contributed by atoms with Crippen LogP contribution in [-0.2, 0) is 4.79 Å². The fraction of sp³-hybridized carbons (Fsp3) is 0.972. The van der Waals surface area contributed by atoms with Crippen molar-refractivity contribution in [3.8, 4) is 0 Å². The van der Waals surface area contributed by atoms with Crippen molar-refractivity contribution >= 4 is 5.91 Å². The molecule has 3 unspecified atom stereocenters.